The fourth-order valence-electron chi connectivity index (χ4n) is 4.77. The van der Waals surface area contributed by atoms with Crippen LogP contribution in [-0.4, -0.2) is 21.5 Å². The maximum atomic E-state index is 13.6. The van der Waals surface area contributed by atoms with Crippen molar-refractivity contribution in [3.63, 3.8) is 0 Å². The average Bonchev–Trinajstić information content (AvgIpc) is 3.17. The topological polar surface area (TPSA) is 54.3 Å². The zero-order chi connectivity index (χ0) is 26.3. The van der Waals surface area contributed by atoms with Crippen molar-refractivity contribution in [1.82, 2.24) is 9.88 Å². The Kier molecular flexibility index (Phi) is 6.36. The van der Waals surface area contributed by atoms with Gasteiger partial charge in [0.15, 0.2) is 5.11 Å². The molecule has 5 nitrogen and oxygen atoms in total. The number of anilines is 1. The number of aryl methyl sites for hydroxylation is 2. The Morgan fingerprint density at radius 3 is 2.19 bits per heavy atom. The third-order valence-electron chi connectivity index (χ3n) is 6.92. The molecule has 1 aromatic heterocycles. The van der Waals surface area contributed by atoms with E-state index in [1.54, 1.807) is 6.08 Å². The molecule has 184 valence electrons. The Hall–Kier alpha value is -4.29. The highest BCUT2D eigenvalue weighted by Crippen LogP contribution is 2.29. The third-order valence-corrected chi connectivity index (χ3v) is 7.21. The Labute approximate surface area is 222 Å². The van der Waals surface area contributed by atoms with Crippen LogP contribution in [-0.2, 0) is 9.59 Å². The molecule has 0 atom stereocenters. The first kappa shape index (κ1) is 24.4. The SMILES string of the molecule is Cc1cccc(N2C(=O)/C(=C\c3cc(C)n(-c4ccc(-c5ccccc5)cc4)c3C)C(=O)NC2=S)c1C. The first-order valence-electron chi connectivity index (χ1n) is 12.1. The van der Waals surface area contributed by atoms with E-state index in [2.05, 4.69) is 46.3 Å². The van der Waals surface area contributed by atoms with Gasteiger partial charge in [0, 0.05) is 17.1 Å². The highest BCUT2D eigenvalue weighted by molar-refractivity contribution is 7.80. The molecule has 0 aliphatic carbocycles. The fourth-order valence-corrected chi connectivity index (χ4v) is 5.05. The second kappa shape index (κ2) is 9.64. The summed E-state index contributed by atoms with van der Waals surface area (Å²) in [6.07, 6.45) is 1.66. The molecule has 6 heteroatoms. The molecule has 4 aromatic rings. The number of rotatable bonds is 4. The Balaban J connectivity index is 1.51. The van der Waals surface area contributed by atoms with E-state index in [-0.39, 0.29) is 10.7 Å². The van der Waals surface area contributed by atoms with Crippen LogP contribution in [0.5, 0.6) is 0 Å². The molecule has 1 fully saturated rings. The number of carbonyl (C=O) groups excluding carboxylic acids is 2. The summed E-state index contributed by atoms with van der Waals surface area (Å²) in [5.74, 6) is -0.923. The van der Waals surface area contributed by atoms with E-state index in [1.165, 1.54) is 4.90 Å². The molecule has 0 spiro atoms. The summed E-state index contributed by atoms with van der Waals surface area (Å²) >= 11 is 5.39. The van der Waals surface area contributed by atoms with Gasteiger partial charge in [-0.3, -0.25) is 19.8 Å². The van der Waals surface area contributed by atoms with Gasteiger partial charge in [-0.2, -0.15) is 0 Å². The molecule has 0 radical (unpaired) electrons. The van der Waals surface area contributed by atoms with E-state index in [4.69, 9.17) is 12.2 Å². The molecule has 1 N–H and O–H groups in total. The zero-order valence-electron chi connectivity index (χ0n) is 21.2. The van der Waals surface area contributed by atoms with Crippen LogP contribution in [0.25, 0.3) is 22.9 Å². The molecule has 1 aliphatic rings. The summed E-state index contributed by atoms with van der Waals surface area (Å²) in [6, 6.07) is 26.3. The highest BCUT2D eigenvalue weighted by Gasteiger charge is 2.35. The number of hydrogen-bond donors (Lipinski definition) is 1. The van der Waals surface area contributed by atoms with E-state index >= 15 is 0 Å². The molecule has 2 amide bonds. The average molecular weight is 506 g/mol. The summed E-state index contributed by atoms with van der Waals surface area (Å²) < 4.78 is 2.12. The summed E-state index contributed by atoms with van der Waals surface area (Å²) in [5, 5.41) is 2.78. The number of carbonyl (C=O) groups is 2. The van der Waals surface area contributed by atoms with E-state index in [1.807, 2.05) is 70.2 Å². The van der Waals surface area contributed by atoms with Crippen LogP contribution in [0, 0.1) is 27.7 Å². The first-order valence-corrected chi connectivity index (χ1v) is 12.5. The minimum absolute atomic E-state index is 0.0502. The summed E-state index contributed by atoms with van der Waals surface area (Å²) in [4.78, 5) is 27.8. The molecule has 1 aliphatic heterocycles. The predicted molar refractivity (Wildman–Crippen MR) is 153 cm³/mol. The number of hydrogen-bond acceptors (Lipinski definition) is 3. The van der Waals surface area contributed by atoms with Crippen LogP contribution in [0.1, 0.15) is 28.1 Å². The maximum Gasteiger partial charge on any atom is 0.270 e. The van der Waals surface area contributed by atoms with Gasteiger partial charge in [-0.05, 0) is 98.1 Å². The van der Waals surface area contributed by atoms with E-state index < -0.39 is 11.8 Å². The number of benzene rings is 3. The molecule has 0 bridgehead atoms. The third kappa shape index (κ3) is 4.41. The summed E-state index contributed by atoms with van der Waals surface area (Å²) in [7, 11) is 0. The van der Waals surface area contributed by atoms with Crippen molar-refractivity contribution in [3.05, 3.63) is 113 Å². The Bertz CT molecular complexity index is 1580. The van der Waals surface area contributed by atoms with Crippen LogP contribution < -0.4 is 10.2 Å². The lowest BCUT2D eigenvalue weighted by Crippen LogP contribution is -2.54. The molecule has 0 unspecified atom stereocenters. The van der Waals surface area contributed by atoms with Gasteiger partial charge in [0.05, 0.1) is 5.69 Å². The lowest BCUT2D eigenvalue weighted by atomic mass is 10.0. The quantitative estimate of drug-likeness (QED) is 0.204. The van der Waals surface area contributed by atoms with E-state index in [0.717, 1.165) is 44.9 Å². The van der Waals surface area contributed by atoms with Gasteiger partial charge >= 0.3 is 0 Å². The van der Waals surface area contributed by atoms with Gasteiger partial charge < -0.3 is 4.57 Å². The second-order valence-corrected chi connectivity index (χ2v) is 9.64. The second-order valence-electron chi connectivity index (χ2n) is 9.25. The standard InChI is InChI=1S/C31H27N3O2S/c1-19-9-8-12-28(21(19)3)34-30(36)27(29(35)32-31(34)37)18-25-17-20(2)33(22(25)4)26-15-13-24(14-16-26)23-10-6-5-7-11-23/h5-18H,1-4H3,(H,32,35,37)/b27-18-. The molecular formula is C31H27N3O2S. The van der Waals surface area contributed by atoms with Gasteiger partial charge in [0.1, 0.15) is 5.57 Å². The summed E-state index contributed by atoms with van der Waals surface area (Å²) in [5.41, 5.74) is 8.75. The number of nitrogens with one attached hydrogen (secondary N) is 1. The molecular weight excluding hydrogens is 478 g/mol. The molecule has 0 saturated carbocycles. The van der Waals surface area contributed by atoms with Crippen molar-refractivity contribution in [3.8, 4) is 16.8 Å². The minimum atomic E-state index is -0.492. The highest BCUT2D eigenvalue weighted by atomic mass is 32.1. The van der Waals surface area contributed by atoms with Crippen molar-refractivity contribution in [2.24, 2.45) is 0 Å². The molecule has 1 saturated heterocycles. The predicted octanol–water partition coefficient (Wildman–Crippen LogP) is 6.21. The Morgan fingerprint density at radius 1 is 0.811 bits per heavy atom. The van der Waals surface area contributed by atoms with Crippen LogP contribution in [0.15, 0.2) is 84.4 Å². The van der Waals surface area contributed by atoms with Crippen molar-refractivity contribution in [1.29, 1.82) is 0 Å². The van der Waals surface area contributed by atoms with Gasteiger partial charge in [-0.15, -0.1) is 0 Å². The normalized spacial score (nSPS) is 14.9. The van der Waals surface area contributed by atoms with Gasteiger partial charge in [-0.25, -0.2) is 0 Å². The maximum absolute atomic E-state index is 13.6. The van der Waals surface area contributed by atoms with Crippen molar-refractivity contribution in [2.75, 3.05) is 4.90 Å². The van der Waals surface area contributed by atoms with E-state index in [0.29, 0.717) is 5.69 Å². The van der Waals surface area contributed by atoms with Crippen molar-refractivity contribution < 1.29 is 9.59 Å². The smallest absolute Gasteiger partial charge is 0.270 e. The van der Waals surface area contributed by atoms with Crippen molar-refractivity contribution in [2.45, 2.75) is 27.7 Å². The minimum Gasteiger partial charge on any atom is -0.318 e. The fraction of sp³-hybridized carbons (Fsp3) is 0.129. The van der Waals surface area contributed by atoms with Crippen molar-refractivity contribution >= 4 is 40.9 Å². The number of amides is 2. The Morgan fingerprint density at radius 2 is 1.49 bits per heavy atom. The largest absolute Gasteiger partial charge is 0.318 e. The first-order chi connectivity index (χ1) is 17.8. The number of thiocarbonyl (C=S) groups is 1. The van der Waals surface area contributed by atoms with Gasteiger partial charge in [-0.1, -0.05) is 54.6 Å². The molecule has 5 rings (SSSR count). The molecule has 2 heterocycles. The number of aromatic nitrogens is 1. The van der Waals surface area contributed by atoms with Crippen LogP contribution >= 0.6 is 12.2 Å². The number of nitrogens with zero attached hydrogens (tertiary/aromatic N) is 2. The molecule has 37 heavy (non-hydrogen) atoms. The monoisotopic (exact) mass is 505 g/mol. The lowest BCUT2D eigenvalue weighted by molar-refractivity contribution is -0.122. The van der Waals surface area contributed by atoms with E-state index in [9.17, 15) is 9.59 Å². The zero-order valence-corrected chi connectivity index (χ0v) is 22.0. The van der Waals surface area contributed by atoms with Crippen LogP contribution in [0.2, 0.25) is 0 Å². The summed E-state index contributed by atoms with van der Waals surface area (Å²) in [6.45, 7) is 7.92. The van der Waals surface area contributed by atoms with Crippen LogP contribution in [0.4, 0.5) is 5.69 Å². The van der Waals surface area contributed by atoms with Gasteiger partial charge in [0.2, 0.25) is 0 Å². The lowest BCUT2D eigenvalue weighted by Gasteiger charge is -2.30. The van der Waals surface area contributed by atoms with Gasteiger partial charge in [0.25, 0.3) is 11.8 Å². The molecule has 3 aromatic carbocycles. The van der Waals surface area contributed by atoms with Crippen LogP contribution in [0.3, 0.4) is 0 Å².